The van der Waals surface area contributed by atoms with Crippen LogP contribution >= 0.6 is 11.3 Å². The van der Waals surface area contributed by atoms with Crippen LogP contribution in [0.2, 0.25) is 0 Å². The zero-order chi connectivity index (χ0) is 13.7. The van der Waals surface area contributed by atoms with Gasteiger partial charge in [0, 0.05) is 24.5 Å². The second-order valence-electron chi connectivity index (χ2n) is 4.63. The number of hydrogen-bond acceptors (Lipinski definition) is 5. The SMILES string of the molecule is CN(C)CCOc1ccc(Cc2nccs2)cc1N. The number of benzene rings is 1. The van der Waals surface area contributed by atoms with Gasteiger partial charge in [-0.1, -0.05) is 6.07 Å². The van der Waals surface area contributed by atoms with Gasteiger partial charge in [-0.3, -0.25) is 0 Å². The molecule has 0 unspecified atom stereocenters. The van der Waals surface area contributed by atoms with Crippen molar-refractivity contribution in [2.45, 2.75) is 6.42 Å². The Morgan fingerprint density at radius 1 is 1.37 bits per heavy atom. The number of rotatable bonds is 6. The zero-order valence-electron chi connectivity index (χ0n) is 11.3. The number of likely N-dealkylation sites (N-methyl/N-ethyl adjacent to an activating group) is 1. The molecule has 1 heterocycles. The Morgan fingerprint density at radius 3 is 2.84 bits per heavy atom. The molecular weight excluding hydrogens is 258 g/mol. The first kappa shape index (κ1) is 13.8. The summed E-state index contributed by atoms with van der Waals surface area (Å²) in [6, 6.07) is 5.95. The molecule has 5 heteroatoms. The molecule has 4 nitrogen and oxygen atoms in total. The van der Waals surface area contributed by atoms with Crippen molar-refractivity contribution in [2.75, 3.05) is 33.0 Å². The van der Waals surface area contributed by atoms with Crippen LogP contribution in [0.25, 0.3) is 0 Å². The summed E-state index contributed by atoms with van der Waals surface area (Å²) in [5.41, 5.74) is 7.86. The van der Waals surface area contributed by atoms with Crippen LogP contribution < -0.4 is 10.5 Å². The molecule has 2 rings (SSSR count). The fourth-order valence-corrected chi connectivity index (χ4v) is 2.34. The molecule has 0 bridgehead atoms. The fraction of sp³-hybridized carbons (Fsp3) is 0.357. The number of nitrogen functional groups attached to an aromatic ring is 1. The molecule has 102 valence electrons. The van der Waals surface area contributed by atoms with E-state index >= 15 is 0 Å². The van der Waals surface area contributed by atoms with E-state index in [1.54, 1.807) is 11.3 Å². The van der Waals surface area contributed by atoms with Crippen molar-refractivity contribution in [1.29, 1.82) is 0 Å². The van der Waals surface area contributed by atoms with E-state index in [9.17, 15) is 0 Å². The van der Waals surface area contributed by atoms with Crippen LogP contribution in [-0.2, 0) is 6.42 Å². The lowest BCUT2D eigenvalue weighted by Crippen LogP contribution is -2.19. The molecular formula is C14H19N3OS. The first-order chi connectivity index (χ1) is 9.15. The van der Waals surface area contributed by atoms with Crippen LogP contribution in [0.15, 0.2) is 29.8 Å². The highest BCUT2D eigenvalue weighted by Crippen LogP contribution is 2.24. The van der Waals surface area contributed by atoms with E-state index in [1.807, 2.05) is 43.9 Å². The number of hydrogen-bond donors (Lipinski definition) is 1. The Hall–Kier alpha value is -1.59. The van der Waals surface area contributed by atoms with Gasteiger partial charge in [0.2, 0.25) is 0 Å². The number of nitrogens with two attached hydrogens (primary N) is 1. The van der Waals surface area contributed by atoms with Gasteiger partial charge in [-0.15, -0.1) is 11.3 Å². The summed E-state index contributed by atoms with van der Waals surface area (Å²) in [5.74, 6) is 0.754. The normalized spacial score (nSPS) is 10.9. The maximum absolute atomic E-state index is 6.01. The molecule has 0 saturated heterocycles. The van der Waals surface area contributed by atoms with Gasteiger partial charge in [0.05, 0.1) is 10.7 Å². The fourth-order valence-electron chi connectivity index (χ4n) is 1.69. The molecule has 0 amide bonds. The van der Waals surface area contributed by atoms with Crippen LogP contribution in [0.4, 0.5) is 5.69 Å². The molecule has 1 aromatic heterocycles. The van der Waals surface area contributed by atoms with Crippen LogP contribution in [0.5, 0.6) is 5.75 Å². The Kier molecular flexibility index (Phi) is 4.76. The minimum atomic E-state index is 0.642. The van der Waals surface area contributed by atoms with Gasteiger partial charge >= 0.3 is 0 Å². The largest absolute Gasteiger partial charge is 0.490 e. The lowest BCUT2D eigenvalue weighted by molar-refractivity contribution is 0.262. The highest BCUT2D eigenvalue weighted by atomic mass is 32.1. The van der Waals surface area contributed by atoms with E-state index in [0.717, 1.165) is 29.3 Å². The molecule has 0 aliphatic carbocycles. The predicted octanol–water partition coefficient (Wildman–Crippen LogP) is 2.26. The van der Waals surface area contributed by atoms with Gasteiger partial charge < -0.3 is 15.4 Å². The monoisotopic (exact) mass is 277 g/mol. The van der Waals surface area contributed by atoms with Gasteiger partial charge in [-0.25, -0.2) is 4.98 Å². The van der Waals surface area contributed by atoms with Crippen LogP contribution in [-0.4, -0.2) is 37.1 Å². The highest BCUT2D eigenvalue weighted by molar-refractivity contribution is 7.09. The van der Waals surface area contributed by atoms with E-state index in [0.29, 0.717) is 12.3 Å². The first-order valence-electron chi connectivity index (χ1n) is 6.19. The quantitative estimate of drug-likeness (QED) is 0.823. The third-order valence-electron chi connectivity index (χ3n) is 2.71. The van der Waals surface area contributed by atoms with Gasteiger partial charge in [0.25, 0.3) is 0 Å². The minimum absolute atomic E-state index is 0.642. The Bertz CT molecular complexity index is 511. The lowest BCUT2D eigenvalue weighted by Gasteiger charge is -2.13. The molecule has 0 saturated carbocycles. The predicted molar refractivity (Wildman–Crippen MR) is 79.8 cm³/mol. The lowest BCUT2D eigenvalue weighted by atomic mass is 10.1. The average molecular weight is 277 g/mol. The maximum atomic E-state index is 6.01. The molecule has 0 atom stereocenters. The summed E-state index contributed by atoms with van der Waals surface area (Å²) >= 11 is 1.66. The molecule has 0 radical (unpaired) electrons. The molecule has 0 aliphatic rings. The first-order valence-corrected chi connectivity index (χ1v) is 7.07. The summed E-state index contributed by atoms with van der Waals surface area (Å²) in [5, 5.41) is 3.08. The van der Waals surface area contributed by atoms with Gasteiger partial charge in [0.15, 0.2) is 0 Å². The smallest absolute Gasteiger partial charge is 0.142 e. The highest BCUT2D eigenvalue weighted by Gasteiger charge is 2.04. The van der Waals surface area contributed by atoms with Crippen molar-refractivity contribution in [3.05, 3.63) is 40.3 Å². The number of anilines is 1. The van der Waals surface area contributed by atoms with Crippen molar-refractivity contribution >= 4 is 17.0 Å². The number of ether oxygens (including phenoxy) is 1. The number of aromatic nitrogens is 1. The van der Waals surface area contributed by atoms with Gasteiger partial charge in [-0.05, 0) is 31.8 Å². The number of nitrogens with zero attached hydrogens (tertiary/aromatic N) is 2. The molecule has 0 fully saturated rings. The zero-order valence-corrected chi connectivity index (χ0v) is 12.1. The van der Waals surface area contributed by atoms with E-state index in [4.69, 9.17) is 10.5 Å². The van der Waals surface area contributed by atoms with Crippen LogP contribution in [0.3, 0.4) is 0 Å². The van der Waals surface area contributed by atoms with E-state index in [1.165, 1.54) is 0 Å². The van der Waals surface area contributed by atoms with Crippen molar-refractivity contribution in [3.63, 3.8) is 0 Å². The van der Waals surface area contributed by atoms with Crippen molar-refractivity contribution in [3.8, 4) is 5.75 Å². The average Bonchev–Trinajstić information content (AvgIpc) is 2.84. The molecule has 1 aromatic carbocycles. The van der Waals surface area contributed by atoms with E-state index in [-0.39, 0.29) is 0 Å². The van der Waals surface area contributed by atoms with Crippen molar-refractivity contribution in [1.82, 2.24) is 9.88 Å². The summed E-state index contributed by atoms with van der Waals surface area (Å²) < 4.78 is 5.66. The van der Waals surface area contributed by atoms with Gasteiger partial charge in [0.1, 0.15) is 12.4 Å². The maximum Gasteiger partial charge on any atom is 0.142 e. The minimum Gasteiger partial charge on any atom is -0.490 e. The molecule has 19 heavy (non-hydrogen) atoms. The third kappa shape index (κ3) is 4.22. The van der Waals surface area contributed by atoms with Crippen molar-refractivity contribution < 1.29 is 4.74 Å². The third-order valence-corrected chi connectivity index (χ3v) is 3.49. The molecule has 0 aliphatic heterocycles. The second kappa shape index (κ2) is 6.54. The van der Waals surface area contributed by atoms with Gasteiger partial charge in [-0.2, -0.15) is 0 Å². The van der Waals surface area contributed by atoms with Crippen molar-refractivity contribution in [2.24, 2.45) is 0 Å². The van der Waals surface area contributed by atoms with Crippen LogP contribution in [0.1, 0.15) is 10.6 Å². The standard InChI is InChI=1S/C14H19N3OS/c1-17(2)6-7-18-13-4-3-11(9-12(13)15)10-14-16-5-8-19-14/h3-5,8-9H,6-7,10,15H2,1-2H3. The summed E-state index contributed by atoms with van der Waals surface area (Å²) in [7, 11) is 4.04. The molecule has 2 aromatic rings. The van der Waals surface area contributed by atoms with Crippen LogP contribution in [0, 0.1) is 0 Å². The van der Waals surface area contributed by atoms with E-state index < -0.39 is 0 Å². The summed E-state index contributed by atoms with van der Waals surface area (Å²) in [6.45, 7) is 1.52. The molecule has 2 N–H and O–H groups in total. The summed E-state index contributed by atoms with van der Waals surface area (Å²) in [4.78, 5) is 6.35. The Labute approximate surface area is 117 Å². The van der Waals surface area contributed by atoms with E-state index in [2.05, 4.69) is 9.88 Å². The second-order valence-corrected chi connectivity index (χ2v) is 5.61. The Balaban J connectivity index is 1.96. The summed E-state index contributed by atoms with van der Waals surface area (Å²) in [6.07, 6.45) is 2.64. The number of thiazole rings is 1. The molecule has 0 spiro atoms. The Morgan fingerprint density at radius 2 is 2.21 bits per heavy atom. The topological polar surface area (TPSA) is 51.4 Å².